The molecule has 0 saturated carbocycles. The zero-order valence-electron chi connectivity index (χ0n) is 11.9. The van der Waals surface area contributed by atoms with Gasteiger partial charge in [0.1, 0.15) is 0 Å². The van der Waals surface area contributed by atoms with E-state index in [4.69, 9.17) is 9.47 Å². The van der Waals surface area contributed by atoms with Gasteiger partial charge in [-0.2, -0.15) is 4.31 Å². The Bertz CT molecular complexity index is 796. The molecule has 0 bridgehead atoms. The molecule has 0 aliphatic carbocycles. The largest absolute Gasteiger partial charge is 0.379 e. The number of fused-ring (bicyclic) bond motifs is 1. The van der Waals surface area contributed by atoms with Crippen LogP contribution < -0.4 is 0 Å². The van der Waals surface area contributed by atoms with E-state index in [-0.39, 0.29) is 0 Å². The Labute approximate surface area is 132 Å². The molecule has 3 heterocycles. The maximum atomic E-state index is 13.1. The number of nitrogens with zero attached hydrogens (tertiary/aromatic N) is 2. The second-order valence-corrected chi connectivity index (χ2v) is 8.39. The summed E-state index contributed by atoms with van der Waals surface area (Å²) in [6, 6.07) is 5.11. The molecule has 2 aliphatic heterocycles. The predicted octanol–water partition coefficient (Wildman–Crippen LogP) is 1.48. The van der Waals surface area contributed by atoms with Gasteiger partial charge < -0.3 is 9.47 Å². The number of aromatic nitrogens is 1. The number of sulfonamides is 1. The number of morpholine rings is 1. The van der Waals surface area contributed by atoms with Gasteiger partial charge in [0.2, 0.25) is 10.0 Å². The van der Waals surface area contributed by atoms with Crippen molar-refractivity contribution < 1.29 is 17.9 Å². The van der Waals surface area contributed by atoms with Crippen LogP contribution in [0.1, 0.15) is 6.42 Å². The summed E-state index contributed by atoms with van der Waals surface area (Å²) in [6.07, 6.45) is 0.676. The minimum atomic E-state index is -3.57. The maximum Gasteiger partial charge on any atom is 0.243 e. The minimum Gasteiger partial charge on any atom is -0.379 e. The number of thiazole rings is 1. The Morgan fingerprint density at radius 2 is 2.05 bits per heavy atom. The minimum absolute atomic E-state index is 0.317. The molecule has 22 heavy (non-hydrogen) atoms. The fourth-order valence-electron chi connectivity index (χ4n) is 3.12. The Hall–Kier alpha value is -1.06. The molecule has 6 nitrogen and oxygen atoms in total. The average Bonchev–Trinajstić information content (AvgIpc) is 3.16. The number of hydrogen-bond acceptors (Lipinski definition) is 6. The molecule has 1 atom stereocenters. The fourth-order valence-corrected chi connectivity index (χ4v) is 5.70. The van der Waals surface area contributed by atoms with Gasteiger partial charge in [0, 0.05) is 13.2 Å². The molecular weight excluding hydrogens is 324 g/mol. The molecule has 8 heteroatoms. The zero-order valence-corrected chi connectivity index (χ0v) is 13.5. The van der Waals surface area contributed by atoms with Gasteiger partial charge in [-0.1, -0.05) is 0 Å². The van der Waals surface area contributed by atoms with Crippen LogP contribution in [-0.2, 0) is 19.5 Å². The molecule has 4 rings (SSSR count). The number of hydrogen-bond donors (Lipinski definition) is 0. The highest BCUT2D eigenvalue weighted by Crippen LogP contribution is 2.35. The van der Waals surface area contributed by atoms with Crippen LogP contribution in [-0.4, -0.2) is 56.2 Å². The summed E-state index contributed by atoms with van der Waals surface area (Å²) in [5.74, 6) is 0. The molecule has 2 aliphatic rings. The van der Waals surface area contributed by atoms with Gasteiger partial charge in [-0.05, 0) is 24.6 Å². The summed E-state index contributed by atoms with van der Waals surface area (Å²) in [5.41, 5.74) is 1.99. The first-order valence-corrected chi connectivity index (χ1v) is 9.45. The molecule has 2 aromatic rings. The summed E-state index contributed by atoms with van der Waals surface area (Å²) in [6.45, 7) is 2.16. The van der Waals surface area contributed by atoms with E-state index in [9.17, 15) is 8.42 Å². The van der Waals surface area contributed by atoms with E-state index in [1.807, 2.05) is 0 Å². The van der Waals surface area contributed by atoms with Crippen molar-refractivity contribution in [1.29, 1.82) is 0 Å². The Morgan fingerprint density at radius 3 is 2.82 bits per heavy atom. The summed E-state index contributed by atoms with van der Waals surface area (Å²) >= 11 is 1.44. The first-order chi connectivity index (χ1) is 10.6. The SMILES string of the molecule is O=S(=O)(c1ccc2ncsc2c1)N1CCOC[C@]12CCOC2. The zero-order chi connectivity index (χ0) is 15.2. The van der Waals surface area contributed by atoms with Crippen molar-refractivity contribution in [1.82, 2.24) is 9.29 Å². The lowest BCUT2D eigenvalue weighted by Gasteiger charge is -2.42. The van der Waals surface area contributed by atoms with Crippen molar-refractivity contribution in [3.8, 4) is 0 Å². The van der Waals surface area contributed by atoms with Crippen molar-refractivity contribution in [3.05, 3.63) is 23.7 Å². The van der Waals surface area contributed by atoms with Crippen LogP contribution in [0.5, 0.6) is 0 Å². The van der Waals surface area contributed by atoms with Gasteiger partial charge in [-0.15, -0.1) is 11.3 Å². The molecule has 1 aromatic carbocycles. The topological polar surface area (TPSA) is 68.7 Å². The van der Waals surface area contributed by atoms with Crippen molar-refractivity contribution in [2.75, 3.05) is 33.0 Å². The van der Waals surface area contributed by atoms with Crippen molar-refractivity contribution >= 4 is 31.6 Å². The van der Waals surface area contributed by atoms with E-state index < -0.39 is 15.6 Å². The third-order valence-corrected chi connectivity index (χ3v) is 7.10. The highest BCUT2D eigenvalue weighted by atomic mass is 32.2. The van der Waals surface area contributed by atoms with E-state index in [0.717, 1.165) is 10.2 Å². The van der Waals surface area contributed by atoms with Crippen LogP contribution in [0.25, 0.3) is 10.2 Å². The Balaban J connectivity index is 1.78. The molecule has 0 N–H and O–H groups in total. The van der Waals surface area contributed by atoms with Crippen LogP contribution in [0.15, 0.2) is 28.6 Å². The van der Waals surface area contributed by atoms with Crippen LogP contribution >= 0.6 is 11.3 Å². The van der Waals surface area contributed by atoms with Gasteiger partial charge in [-0.3, -0.25) is 0 Å². The smallest absolute Gasteiger partial charge is 0.243 e. The van der Waals surface area contributed by atoms with Crippen LogP contribution in [0.4, 0.5) is 0 Å². The van der Waals surface area contributed by atoms with E-state index in [1.165, 1.54) is 11.3 Å². The highest BCUT2D eigenvalue weighted by molar-refractivity contribution is 7.89. The van der Waals surface area contributed by atoms with E-state index in [1.54, 1.807) is 28.0 Å². The Kier molecular flexibility index (Phi) is 3.46. The van der Waals surface area contributed by atoms with Crippen LogP contribution in [0.3, 0.4) is 0 Å². The normalized spacial score (nSPS) is 26.9. The summed E-state index contributed by atoms with van der Waals surface area (Å²) in [5, 5.41) is 0. The molecule has 0 radical (unpaired) electrons. The van der Waals surface area contributed by atoms with Crippen LogP contribution in [0, 0.1) is 0 Å². The molecule has 118 valence electrons. The average molecular weight is 340 g/mol. The number of ether oxygens (including phenoxy) is 2. The summed E-state index contributed by atoms with van der Waals surface area (Å²) in [4.78, 5) is 4.51. The van der Waals surface area contributed by atoms with E-state index in [2.05, 4.69) is 4.98 Å². The second kappa shape index (κ2) is 5.24. The molecule has 2 saturated heterocycles. The molecule has 1 spiro atoms. The van der Waals surface area contributed by atoms with Crippen molar-refractivity contribution in [2.24, 2.45) is 0 Å². The fraction of sp³-hybridized carbons (Fsp3) is 0.500. The molecule has 2 fully saturated rings. The van der Waals surface area contributed by atoms with Gasteiger partial charge in [0.25, 0.3) is 0 Å². The van der Waals surface area contributed by atoms with Crippen molar-refractivity contribution in [3.63, 3.8) is 0 Å². The lowest BCUT2D eigenvalue weighted by atomic mass is 9.99. The molecule has 0 amide bonds. The monoisotopic (exact) mass is 340 g/mol. The standard InChI is InChI=1S/C14H16N2O4S2/c17-22(18,11-1-2-12-13(7-11)21-10-15-12)16-4-6-20-9-14(16)3-5-19-8-14/h1-2,7,10H,3-6,8-9H2/t14-/m1/s1. The van der Waals surface area contributed by atoms with E-state index in [0.29, 0.717) is 44.3 Å². The van der Waals surface area contributed by atoms with Gasteiger partial charge in [0.15, 0.2) is 0 Å². The first kappa shape index (κ1) is 14.5. The second-order valence-electron chi connectivity index (χ2n) is 5.64. The predicted molar refractivity (Wildman–Crippen MR) is 82.5 cm³/mol. The third kappa shape index (κ3) is 2.17. The number of rotatable bonds is 2. The molecular formula is C14H16N2O4S2. The number of benzene rings is 1. The first-order valence-electron chi connectivity index (χ1n) is 7.13. The van der Waals surface area contributed by atoms with E-state index >= 15 is 0 Å². The third-order valence-electron chi connectivity index (χ3n) is 4.31. The van der Waals surface area contributed by atoms with Gasteiger partial charge in [0.05, 0.1) is 46.0 Å². The molecule has 0 unspecified atom stereocenters. The summed E-state index contributed by atoms with van der Waals surface area (Å²) in [7, 11) is -3.57. The quantitative estimate of drug-likeness (QED) is 0.828. The maximum absolute atomic E-state index is 13.1. The van der Waals surface area contributed by atoms with Crippen LogP contribution in [0.2, 0.25) is 0 Å². The lowest BCUT2D eigenvalue weighted by Crippen LogP contribution is -2.59. The van der Waals surface area contributed by atoms with Gasteiger partial charge >= 0.3 is 0 Å². The lowest BCUT2D eigenvalue weighted by molar-refractivity contribution is -0.0293. The molecule has 1 aromatic heterocycles. The highest BCUT2D eigenvalue weighted by Gasteiger charge is 2.49. The Morgan fingerprint density at radius 1 is 1.23 bits per heavy atom. The van der Waals surface area contributed by atoms with Crippen molar-refractivity contribution in [2.45, 2.75) is 16.9 Å². The summed E-state index contributed by atoms with van der Waals surface area (Å²) < 4.78 is 39.7. The van der Waals surface area contributed by atoms with Gasteiger partial charge in [-0.25, -0.2) is 13.4 Å².